The molecule has 1 aliphatic heterocycles. The first kappa shape index (κ1) is 22.8. The zero-order chi connectivity index (χ0) is 19.6. The van der Waals surface area contributed by atoms with Gasteiger partial charge in [-0.25, -0.2) is 9.97 Å². The highest BCUT2D eigenvalue weighted by atomic mass is 35.5. The molecule has 3 atom stereocenters. The fourth-order valence-electron chi connectivity index (χ4n) is 4.43. The van der Waals surface area contributed by atoms with Crippen molar-refractivity contribution < 1.29 is 9.53 Å². The minimum Gasteiger partial charge on any atom is -0.383 e. The van der Waals surface area contributed by atoms with Gasteiger partial charge in [-0.3, -0.25) is 4.79 Å². The highest BCUT2D eigenvalue weighted by Gasteiger charge is 2.46. The monoisotopic (exact) mass is 411 g/mol. The van der Waals surface area contributed by atoms with Gasteiger partial charge in [0.2, 0.25) is 5.91 Å². The average Bonchev–Trinajstić information content (AvgIpc) is 3.00. The molecule has 0 aromatic carbocycles. The number of aryl methyl sites for hydroxylation is 1. The molecule has 2 fully saturated rings. The van der Waals surface area contributed by atoms with E-state index in [1.54, 1.807) is 7.11 Å². The second-order valence-electron chi connectivity index (χ2n) is 8.43. The molecule has 1 aromatic heterocycles. The first-order valence-electron chi connectivity index (χ1n) is 10.0. The minimum atomic E-state index is -0.551. The molecule has 1 amide bonds. The van der Waals surface area contributed by atoms with Crippen molar-refractivity contribution in [2.75, 3.05) is 25.2 Å². The van der Waals surface area contributed by atoms with Crippen LogP contribution in [0.5, 0.6) is 0 Å². The van der Waals surface area contributed by atoms with Gasteiger partial charge in [-0.15, -0.1) is 12.4 Å². The first-order valence-corrected chi connectivity index (χ1v) is 10.0. The number of ether oxygens (including phenoxy) is 1. The van der Waals surface area contributed by atoms with Crippen LogP contribution in [0.1, 0.15) is 57.5 Å². The normalized spacial score (nSPS) is 24.5. The number of anilines is 1. The molecule has 158 valence electrons. The van der Waals surface area contributed by atoms with Gasteiger partial charge in [-0.1, -0.05) is 12.8 Å². The summed E-state index contributed by atoms with van der Waals surface area (Å²) < 4.78 is 5.07. The topological polar surface area (TPSA) is 93.4 Å². The van der Waals surface area contributed by atoms with Crippen molar-refractivity contribution in [2.24, 2.45) is 11.7 Å². The molecule has 0 unspecified atom stereocenters. The molecule has 1 aromatic rings. The molecule has 2 heterocycles. The van der Waals surface area contributed by atoms with Gasteiger partial charge in [-0.05, 0) is 46.0 Å². The van der Waals surface area contributed by atoms with E-state index < -0.39 is 5.54 Å². The molecular formula is C20H34ClN5O2. The van der Waals surface area contributed by atoms with Crippen LogP contribution >= 0.6 is 12.4 Å². The molecule has 28 heavy (non-hydrogen) atoms. The summed E-state index contributed by atoms with van der Waals surface area (Å²) in [6, 6.07) is 2.14. The third-order valence-electron chi connectivity index (χ3n) is 5.75. The number of fused-ring (bicyclic) bond motifs is 1. The maximum atomic E-state index is 12.9. The van der Waals surface area contributed by atoms with Crippen molar-refractivity contribution in [1.82, 2.24) is 15.3 Å². The molecule has 7 nitrogen and oxygen atoms in total. The van der Waals surface area contributed by atoms with Crippen molar-refractivity contribution in [3.05, 3.63) is 17.6 Å². The number of amides is 1. The SMILES string of the molecule is COCCNC(=O)[C@@H]1C[C@@H]2CCCC[C@@H]2N1c1cc(C(C)(C)N)nc(C)n1.Cl. The summed E-state index contributed by atoms with van der Waals surface area (Å²) in [4.78, 5) is 24.4. The molecule has 3 rings (SSSR count). The summed E-state index contributed by atoms with van der Waals surface area (Å²) >= 11 is 0. The third kappa shape index (κ3) is 4.93. The largest absolute Gasteiger partial charge is 0.383 e. The Bertz CT molecular complexity index is 679. The summed E-state index contributed by atoms with van der Waals surface area (Å²) in [6.07, 6.45) is 5.62. The summed E-state index contributed by atoms with van der Waals surface area (Å²) in [5, 5.41) is 3.02. The standard InChI is InChI=1S/C20H33N5O2.ClH/c1-13-23-17(20(2,3)21)12-18(24-13)25-15-8-6-5-7-14(15)11-16(25)19(26)22-9-10-27-4;/h12,14-16H,5-11,21H2,1-4H3,(H,22,26);1H/t14-,15-,16-;/m0./s1. The number of halogens is 1. The second-order valence-corrected chi connectivity index (χ2v) is 8.43. The molecular weight excluding hydrogens is 378 g/mol. The number of nitrogens with one attached hydrogen (secondary N) is 1. The van der Waals surface area contributed by atoms with Gasteiger partial charge in [-0.2, -0.15) is 0 Å². The van der Waals surface area contributed by atoms with Crippen molar-refractivity contribution in [1.29, 1.82) is 0 Å². The smallest absolute Gasteiger partial charge is 0.242 e. The molecule has 2 aliphatic rings. The molecule has 0 spiro atoms. The minimum absolute atomic E-state index is 0. The van der Waals surface area contributed by atoms with E-state index in [2.05, 4.69) is 15.2 Å². The van der Waals surface area contributed by atoms with E-state index in [-0.39, 0.29) is 24.4 Å². The maximum absolute atomic E-state index is 12.9. The lowest BCUT2D eigenvalue weighted by atomic mass is 9.84. The van der Waals surface area contributed by atoms with Crippen molar-refractivity contribution in [3.8, 4) is 0 Å². The Hall–Kier alpha value is -1.44. The number of nitrogens with two attached hydrogens (primary N) is 1. The fourth-order valence-corrected chi connectivity index (χ4v) is 4.43. The van der Waals surface area contributed by atoms with Crippen LogP contribution < -0.4 is 16.0 Å². The predicted octanol–water partition coefficient (Wildman–Crippen LogP) is 2.30. The highest BCUT2D eigenvalue weighted by Crippen LogP contribution is 2.42. The van der Waals surface area contributed by atoms with Gasteiger partial charge in [0.05, 0.1) is 17.8 Å². The van der Waals surface area contributed by atoms with E-state index in [0.29, 0.717) is 30.9 Å². The summed E-state index contributed by atoms with van der Waals surface area (Å²) in [7, 11) is 1.64. The zero-order valence-electron chi connectivity index (χ0n) is 17.4. The van der Waals surface area contributed by atoms with E-state index in [1.165, 1.54) is 19.3 Å². The lowest BCUT2D eigenvalue weighted by Gasteiger charge is -2.35. The van der Waals surface area contributed by atoms with E-state index in [4.69, 9.17) is 15.5 Å². The number of aromatic nitrogens is 2. The van der Waals surface area contributed by atoms with Crippen LogP contribution in [0.2, 0.25) is 0 Å². The van der Waals surface area contributed by atoms with Gasteiger partial charge < -0.3 is 20.7 Å². The Morgan fingerprint density at radius 2 is 2.07 bits per heavy atom. The van der Waals surface area contributed by atoms with Crippen LogP contribution in [0.3, 0.4) is 0 Å². The Morgan fingerprint density at radius 1 is 1.36 bits per heavy atom. The number of carbonyl (C=O) groups is 1. The lowest BCUT2D eigenvalue weighted by Crippen LogP contribution is -2.48. The van der Waals surface area contributed by atoms with Crippen molar-refractivity contribution in [2.45, 2.75) is 70.5 Å². The van der Waals surface area contributed by atoms with Gasteiger partial charge in [0.15, 0.2) is 0 Å². The van der Waals surface area contributed by atoms with E-state index in [9.17, 15) is 4.79 Å². The van der Waals surface area contributed by atoms with Crippen LogP contribution in [0, 0.1) is 12.8 Å². The maximum Gasteiger partial charge on any atom is 0.242 e. The molecule has 1 aliphatic carbocycles. The van der Waals surface area contributed by atoms with Crippen molar-refractivity contribution >= 4 is 24.1 Å². The second kappa shape index (κ2) is 9.37. The van der Waals surface area contributed by atoms with Crippen LogP contribution in [0.4, 0.5) is 5.82 Å². The van der Waals surface area contributed by atoms with E-state index in [1.807, 2.05) is 26.8 Å². The van der Waals surface area contributed by atoms with Gasteiger partial charge >= 0.3 is 0 Å². The summed E-state index contributed by atoms with van der Waals surface area (Å²) in [5.74, 6) is 2.13. The molecule has 8 heteroatoms. The van der Waals surface area contributed by atoms with Gasteiger partial charge in [0.25, 0.3) is 0 Å². The third-order valence-corrected chi connectivity index (χ3v) is 5.75. The lowest BCUT2D eigenvalue weighted by molar-refractivity contribution is -0.122. The average molecular weight is 412 g/mol. The molecule has 0 bridgehead atoms. The molecule has 1 saturated carbocycles. The van der Waals surface area contributed by atoms with Crippen LogP contribution in [0.25, 0.3) is 0 Å². The fraction of sp³-hybridized carbons (Fsp3) is 0.750. The zero-order valence-corrected chi connectivity index (χ0v) is 18.2. The van der Waals surface area contributed by atoms with Gasteiger partial charge in [0, 0.05) is 25.8 Å². The number of nitrogens with zero attached hydrogens (tertiary/aromatic N) is 3. The molecule has 3 N–H and O–H groups in total. The summed E-state index contributed by atoms with van der Waals surface area (Å²) in [5.41, 5.74) is 6.56. The van der Waals surface area contributed by atoms with Crippen LogP contribution in [-0.4, -0.2) is 48.2 Å². The predicted molar refractivity (Wildman–Crippen MR) is 113 cm³/mol. The molecule has 0 radical (unpaired) electrons. The number of hydrogen-bond donors (Lipinski definition) is 2. The van der Waals surface area contributed by atoms with Gasteiger partial charge in [0.1, 0.15) is 17.7 Å². The number of hydrogen-bond acceptors (Lipinski definition) is 6. The Morgan fingerprint density at radius 3 is 2.75 bits per heavy atom. The quantitative estimate of drug-likeness (QED) is 0.697. The Balaban J connectivity index is 0.00000280. The number of methoxy groups -OCH3 is 1. The van der Waals surface area contributed by atoms with E-state index in [0.717, 1.165) is 24.4 Å². The first-order chi connectivity index (χ1) is 12.8. The van der Waals surface area contributed by atoms with Crippen molar-refractivity contribution in [3.63, 3.8) is 0 Å². The van der Waals surface area contributed by atoms with Crippen LogP contribution in [-0.2, 0) is 15.1 Å². The summed E-state index contributed by atoms with van der Waals surface area (Å²) in [6.45, 7) is 6.82. The van der Waals surface area contributed by atoms with Crippen LogP contribution in [0.15, 0.2) is 6.07 Å². The number of carbonyl (C=O) groups excluding carboxylic acids is 1. The highest BCUT2D eigenvalue weighted by molar-refractivity contribution is 5.86. The van der Waals surface area contributed by atoms with E-state index >= 15 is 0 Å². The molecule has 1 saturated heterocycles. The number of rotatable bonds is 6. The Labute approximate surface area is 174 Å². The Kier molecular flexibility index (Phi) is 7.65.